The number of hydrogen-bond acceptors (Lipinski definition) is 9. The molecule has 0 bridgehead atoms. The number of aryl methyl sites for hydroxylation is 1. The number of rotatable bonds is 12. The van der Waals surface area contributed by atoms with Crippen LogP contribution in [0.2, 0.25) is 0 Å². The van der Waals surface area contributed by atoms with Gasteiger partial charge in [-0.05, 0) is 93.8 Å². The lowest BCUT2D eigenvalue weighted by molar-refractivity contribution is 0.0887. The molecule has 2 atom stereocenters. The number of carbonyl (C=O) groups is 2. The van der Waals surface area contributed by atoms with Crippen LogP contribution in [0.3, 0.4) is 0 Å². The van der Waals surface area contributed by atoms with Gasteiger partial charge in [0.2, 0.25) is 5.88 Å². The van der Waals surface area contributed by atoms with E-state index >= 15 is 0 Å². The fourth-order valence-corrected chi connectivity index (χ4v) is 7.54. The first-order valence-corrected chi connectivity index (χ1v) is 18.3. The van der Waals surface area contributed by atoms with Crippen LogP contribution in [0.5, 0.6) is 11.6 Å². The molecule has 2 aliphatic rings. The number of pyridine rings is 1. The number of aliphatic hydroxyl groups is 1. The van der Waals surface area contributed by atoms with Crippen molar-refractivity contribution in [3.63, 3.8) is 0 Å². The molecule has 2 amide bonds. The summed E-state index contributed by atoms with van der Waals surface area (Å²) in [5.74, 6) is -0.862. The van der Waals surface area contributed by atoms with E-state index in [-0.39, 0.29) is 36.0 Å². The van der Waals surface area contributed by atoms with Gasteiger partial charge in [0.25, 0.3) is 11.8 Å². The molecule has 2 aromatic heterocycles. The summed E-state index contributed by atoms with van der Waals surface area (Å²) in [4.78, 5) is 36.7. The molecular formula is C38H45FN6O4S. The molecule has 3 heterocycles. The fraction of sp³-hybridized carbons (Fsp3) is 0.421. The van der Waals surface area contributed by atoms with Gasteiger partial charge in [-0.25, -0.2) is 14.4 Å². The molecule has 0 unspecified atom stereocenters. The van der Waals surface area contributed by atoms with Crippen LogP contribution in [0.15, 0.2) is 66.2 Å². The summed E-state index contributed by atoms with van der Waals surface area (Å²) in [6.07, 6.45) is 5.80. The Bertz CT molecular complexity index is 1750. The number of nitrogens with zero attached hydrogens (tertiary/aromatic N) is 3. The second-order valence-corrected chi connectivity index (χ2v) is 14.4. The highest BCUT2D eigenvalue weighted by molar-refractivity contribution is 7.09. The molecule has 1 aliphatic heterocycles. The SMILES string of the molecule is C[C@@H]1CN(CCCc2ccc(-c3cccc(Oc4ncc(F)cc4C(=O)N[C@H]4CC[C@@H](NC(=O)c5csc(CO)n5)CC4)c3)cc2)C[C@H](C)N1. The summed E-state index contributed by atoms with van der Waals surface area (Å²) in [5, 5.41) is 20.9. The standard InChI is InChI=1S/C38H45FN6O4S/c1-24-20-45(21-25(2)41-24)16-4-5-26-8-10-27(11-9-26)28-6-3-7-32(17-28)49-38-33(18-29(39)19-40-38)36(47)42-30-12-14-31(15-13-30)43-37(48)34-23-50-35(22-46)44-34/h3,6-11,17-19,23-25,30-31,41,46H,4-5,12-16,20-22H2,1-2H3,(H,42,47)(H,43,48)/t24-,25+,30-,31+. The van der Waals surface area contributed by atoms with Crippen LogP contribution < -0.4 is 20.7 Å². The quantitative estimate of drug-likeness (QED) is 0.148. The number of ether oxygens (including phenoxy) is 1. The maximum absolute atomic E-state index is 14.3. The van der Waals surface area contributed by atoms with Gasteiger partial charge in [-0.3, -0.25) is 9.59 Å². The summed E-state index contributed by atoms with van der Waals surface area (Å²) in [7, 11) is 0. The number of hydrogen-bond donors (Lipinski definition) is 4. The van der Waals surface area contributed by atoms with Crippen molar-refractivity contribution in [2.45, 2.75) is 83.1 Å². The van der Waals surface area contributed by atoms with Gasteiger partial charge >= 0.3 is 0 Å². The molecule has 0 radical (unpaired) electrons. The molecule has 1 saturated carbocycles. The van der Waals surface area contributed by atoms with E-state index in [0.717, 1.165) is 55.9 Å². The lowest BCUT2D eigenvalue weighted by Gasteiger charge is -2.36. The van der Waals surface area contributed by atoms with E-state index in [1.165, 1.54) is 16.9 Å². The van der Waals surface area contributed by atoms with Crippen LogP contribution in [0.25, 0.3) is 11.1 Å². The van der Waals surface area contributed by atoms with E-state index in [9.17, 15) is 19.1 Å². The Kier molecular flexibility index (Phi) is 11.9. The molecule has 50 heavy (non-hydrogen) atoms. The third-order valence-corrected chi connectivity index (χ3v) is 10.1. The fourth-order valence-electron chi connectivity index (χ4n) is 6.91. The molecule has 1 aliphatic carbocycles. The van der Waals surface area contributed by atoms with E-state index in [2.05, 4.69) is 68.9 Å². The highest BCUT2D eigenvalue weighted by atomic mass is 32.1. The summed E-state index contributed by atoms with van der Waals surface area (Å²) < 4.78 is 20.4. The summed E-state index contributed by atoms with van der Waals surface area (Å²) in [6.45, 7) is 7.57. The molecule has 2 aromatic carbocycles. The Hall–Kier alpha value is -4.23. The molecule has 4 aromatic rings. The van der Waals surface area contributed by atoms with Crippen LogP contribution in [-0.4, -0.2) is 75.6 Å². The summed E-state index contributed by atoms with van der Waals surface area (Å²) in [5.41, 5.74) is 3.61. The largest absolute Gasteiger partial charge is 0.438 e. The maximum Gasteiger partial charge on any atom is 0.270 e. The Morgan fingerprint density at radius 1 is 0.980 bits per heavy atom. The van der Waals surface area contributed by atoms with Gasteiger partial charge in [0.1, 0.15) is 27.8 Å². The van der Waals surface area contributed by atoms with Crippen molar-refractivity contribution in [2.75, 3.05) is 19.6 Å². The first-order valence-electron chi connectivity index (χ1n) is 17.4. The number of amides is 2. The smallest absolute Gasteiger partial charge is 0.270 e. The van der Waals surface area contributed by atoms with Gasteiger partial charge < -0.3 is 30.7 Å². The van der Waals surface area contributed by atoms with Gasteiger partial charge in [0.15, 0.2) is 0 Å². The third kappa shape index (κ3) is 9.51. The van der Waals surface area contributed by atoms with Gasteiger partial charge in [-0.2, -0.15) is 0 Å². The number of aromatic nitrogens is 2. The topological polar surface area (TPSA) is 129 Å². The number of halogens is 1. The summed E-state index contributed by atoms with van der Waals surface area (Å²) in [6, 6.07) is 18.1. The second kappa shape index (κ2) is 16.7. The number of benzene rings is 2. The molecular weight excluding hydrogens is 656 g/mol. The Morgan fingerprint density at radius 3 is 2.36 bits per heavy atom. The lowest BCUT2D eigenvalue weighted by Crippen LogP contribution is -2.54. The van der Waals surface area contributed by atoms with Crippen LogP contribution in [0.4, 0.5) is 4.39 Å². The zero-order valence-corrected chi connectivity index (χ0v) is 29.3. The van der Waals surface area contributed by atoms with Crippen molar-refractivity contribution < 1.29 is 23.8 Å². The number of nitrogens with one attached hydrogen (secondary N) is 3. The van der Waals surface area contributed by atoms with Gasteiger partial charge in [0.05, 0.1) is 12.8 Å². The zero-order valence-electron chi connectivity index (χ0n) is 28.5. The monoisotopic (exact) mass is 700 g/mol. The zero-order chi connectivity index (χ0) is 35.0. The number of aliphatic hydroxyl groups excluding tert-OH is 1. The van der Waals surface area contributed by atoms with Crippen LogP contribution in [0.1, 0.15) is 77.4 Å². The Balaban J connectivity index is 1.02. The molecule has 10 nitrogen and oxygen atoms in total. The van der Waals surface area contributed by atoms with Gasteiger partial charge in [0, 0.05) is 42.6 Å². The van der Waals surface area contributed by atoms with Gasteiger partial charge in [-0.1, -0.05) is 36.4 Å². The number of piperazine rings is 1. The maximum atomic E-state index is 14.3. The van der Waals surface area contributed by atoms with E-state index in [1.54, 1.807) is 11.4 Å². The Labute approximate surface area is 296 Å². The second-order valence-electron chi connectivity index (χ2n) is 13.4. The van der Waals surface area contributed by atoms with Crippen molar-refractivity contribution in [2.24, 2.45) is 0 Å². The minimum atomic E-state index is -0.633. The minimum absolute atomic E-state index is 0.0168. The number of thiazole rings is 1. The van der Waals surface area contributed by atoms with Crippen molar-refractivity contribution in [1.29, 1.82) is 0 Å². The predicted molar refractivity (Wildman–Crippen MR) is 192 cm³/mol. The normalized spacial score (nSPS) is 21.0. The first-order chi connectivity index (χ1) is 24.2. The third-order valence-electron chi connectivity index (χ3n) is 9.29. The molecule has 4 N–H and O–H groups in total. The highest BCUT2D eigenvalue weighted by Gasteiger charge is 2.27. The average Bonchev–Trinajstić information content (AvgIpc) is 3.60. The summed E-state index contributed by atoms with van der Waals surface area (Å²) >= 11 is 1.24. The molecule has 6 rings (SSSR count). The first kappa shape index (κ1) is 35.6. The molecule has 12 heteroatoms. The molecule has 2 fully saturated rings. The van der Waals surface area contributed by atoms with Crippen LogP contribution in [-0.2, 0) is 13.0 Å². The van der Waals surface area contributed by atoms with Crippen LogP contribution >= 0.6 is 11.3 Å². The molecule has 1 saturated heterocycles. The van der Waals surface area contributed by atoms with Gasteiger partial charge in [-0.15, -0.1) is 11.3 Å². The van der Waals surface area contributed by atoms with E-state index in [1.807, 2.05) is 18.2 Å². The van der Waals surface area contributed by atoms with Crippen molar-refractivity contribution in [1.82, 2.24) is 30.8 Å². The molecule has 0 spiro atoms. The predicted octanol–water partition coefficient (Wildman–Crippen LogP) is 5.71. The van der Waals surface area contributed by atoms with E-state index < -0.39 is 11.7 Å². The Morgan fingerprint density at radius 2 is 1.68 bits per heavy atom. The minimum Gasteiger partial charge on any atom is -0.438 e. The van der Waals surface area contributed by atoms with Crippen molar-refractivity contribution in [3.8, 4) is 22.8 Å². The average molecular weight is 701 g/mol. The van der Waals surface area contributed by atoms with Crippen molar-refractivity contribution in [3.05, 3.63) is 93.8 Å². The lowest BCUT2D eigenvalue weighted by atomic mass is 9.91. The van der Waals surface area contributed by atoms with E-state index in [4.69, 9.17) is 4.74 Å². The van der Waals surface area contributed by atoms with Crippen molar-refractivity contribution >= 4 is 23.2 Å². The highest BCUT2D eigenvalue weighted by Crippen LogP contribution is 2.29. The van der Waals surface area contributed by atoms with E-state index in [0.29, 0.717) is 54.2 Å². The van der Waals surface area contributed by atoms with Crippen LogP contribution in [0, 0.1) is 5.82 Å². The number of carbonyl (C=O) groups excluding carboxylic acids is 2. The molecule has 264 valence electrons.